The highest BCUT2D eigenvalue weighted by atomic mass is 19.4. The number of hydrogen-bond donors (Lipinski definition) is 1. The summed E-state index contributed by atoms with van der Waals surface area (Å²) in [5.74, 6) is -3.68. The van der Waals surface area contributed by atoms with Crippen molar-refractivity contribution in [3.63, 3.8) is 0 Å². The lowest BCUT2D eigenvalue weighted by Gasteiger charge is -2.09. The van der Waals surface area contributed by atoms with E-state index in [1.807, 2.05) is 0 Å². The molecule has 0 spiro atoms. The Morgan fingerprint density at radius 3 is 2.72 bits per heavy atom. The molecule has 1 unspecified atom stereocenters. The average molecular weight is 360 g/mol. The Bertz CT molecular complexity index is 789. The summed E-state index contributed by atoms with van der Waals surface area (Å²) in [4.78, 5) is 19.6. The molecule has 2 rings (SSSR count). The molecule has 0 saturated heterocycles. The van der Waals surface area contributed by atoms with Crippen LogP contribution in [-0.4, -0.2) is 35.4 Å². The number of nitrogens with one attached hydrogen (secondary N) is 1. The Morgan fingerprint density at radius 2 is 2.16 bits per heavy atom. The molecular weight excluding hydrogens is 348 g/mol. The second-order valence-electron chi connectivity index (χ2n) is 4.81. The Kier molecular flexibility index (Phi) is 5.35. The van der Waals surface area contributed by atoms with E-state index in [0.29, 0.717) is 0 Å². The van der Waals surface area contributed by atoms with Gasteiger partial charge in [-0.05, 0) is 19.1 Å². The molecular formula is C14H12F4N4O3. The fourth-order valence-corrected chi connectivity index (χ4v) is 1.77. The van der Waals surface area contributed by atoms with Gasteiger partial charge in [0, 0.05) is 5.56 Å². The van der Waals surface area contributed by atoms with Crippen LogP contribution in [0, 0.1) is 5.82 Å². The number of carbonyl (C=O) groups excluding carboxylic acids is 1. The minimum absolute atomic E-state index is 0.0673. The SMILES string of the molecule is CON=CC(C)NC(=O)c1ccc(-c2noc(C(F)(F)F)n2)cc1F. The van der Waals surface area contributed by atoms with Gasteiger partial charge in [0.25, 0.3) is 5.91 Å². The van der Waals surface area contributed by atoms with Gasteiger partial charge in [-0.25, -0.2) is 4.39 Å². The van der Waals surface area contributed by atoms with Gasteiger partial charge in [-0.1, -0.05) is 16.4 Å². The van der Waals surface area contributed by atoms with Crippen LogP contribution in [0.2, 0.25) is 0 Å². The van der Waals surface area contributed by atoms with E-state index in [0.717, 1.165) is 12.1 Å². The molecule has 0 saturated carbocycles. The molecule has 1 heterocycles. The summed E-state index contributed by atoms with van der Waals surface area (Å²) >= 11 is 0. The molecule has 0 fully saturated rings. The summed E-state index contributed by atoms with van der Waals surface area (Å²) < 4.78 is 55.5. The van der Waals surface area contributed by atoms with Crippen molar-refractivity contribution in [2.45, 2.75) is 19.1 Å². The summed E-state index contributed by atoms with van der Waals surface area (Å²) in [6.07, 6.45) is -3.51. The number of rotatable bonds is 5. The first-order valence-corrected chi connectivity index (χ1v) is 6.80. The van der Waals surface area contributed by atoms with Crippen molar-refractivity contribution in [2.24, 2.45) is 5.16 Å². The smallest absolute Gasteiger partial charge is 0.399 e. The lowest BCUT2D eigenvalue weighted by molar-refractivity contribution is -0.159. The lowest BCUT2D eigenvalue weighted by atomic mass is 10.1. The van der Waals surface area contributed by atoms with Gasteiger partial charge in [-0.3, -0.25) is 4.79 Å². The zero-order valence-electron chi connectivity index (χ0n) is 13.0. The first kappa shape index (κ1) is 18.4. The van der Waals surface area contributed by atoms with Crippen LogP contribution in [0.5, 0.6) is 0 Å². The topological polar surface area (TPSA) is 89.6 Å². The van der Waals surface area contributed by atoms with Crippen molar-refractivity contribution >= 4 is 12.1 Å². The Morgan fingerprint density at radius 1 is 1.44 bits per heavy atom. The highest BCUT2D eigenvalue weighted by Gasteiger charge is 2.38. The summed E-state index contributed by atoms with van der Waals surface area (Å²) in [5.41, 5.74) is -0.372. The zero-order valence-corrected chi connectivity index (χ0v) is 13.0. The second-order valence-corrected chi connectivity index (χ2v) is 4.81. The maximum Gasteiger partial charge on any atom is 0.471 e. The third kappa shape index (κ3) is 4.52. The van der Waals surface area contributed by atoms with E-state index in [9.17, 15) is 22.4 Å². The Labute approximate surface area is 138 Å². The quantitative estimate of drug-likeness (QED) is 0.503. The van der Waals surface area contributed by atoms with Crippen LogP contribution in [0.25, 0.3) is 11.4 Å². The summed E-state index contributed by atoms with van der Waals surface area (Å²) in [6, 6.07) is 2.62. The maximum absolute atomic E-state index is 14.1. The third-order valence-corrected chi connectivity index (χ3v) is 2.89. The predicted molar refractivity (Wildman–Crippen MR) is 77.1 cm³/mol. The zero-order chi connectivity index (χ0) is 18.6. The van der Waals surface area contributed by atoms with Gasteiger partial charge >= 0.3 is 12.1 Å². The van der Waals surface area contributed by atoms with Gasteiger partial charge in [-0.15, -0.1) is 0 Å². The minimum Gasteiger partial charge on any atom is -0.399 e. The number of nitrogens with zero attached hydrogens (tertiary/aromatic N) is 3. The third-order valence-electron chi connectivity index (χ3n) is 2.89. The van der Waals surface area contributed by atoms with Crippen molar-refractivity contribution < 1.29 is 31.7 Å². The standard InChI is InChI=1S/C14H12F4N4O3/c1-7(6-19-24-2)20-12(23)9-4-3-8(5-10(9)15)11-21-13(25-22-11)14(16,17)18/h3-7H,1-2H3,(H,20,23). The molecule has 134 valence electrons. The van der Waals surface area contributed by atoms with E-state index in [1.54, 1.807) is 6.92 Å². The molecule has 0 radical (unpaired) electrons. The number of alkyl halides is 3. The highest BCUT2D eigenvalue weighted by molar-refractivity contribution is 5.96. The molecule has 1 atom stereocenters. The summed E-state index contributed by atoms with van der Waals surface area (Å²) in [5, 5.41) is 9.06. The maximum atomic E-state index is 14.1. The summed E-state index contributed by atoms with van der Waals surface area (Å²) in [6.45, 7) is 1.59. The number of oxime groups is 1. The van der Waals surface area contributed by atoms with Gasteiger partial charge in [0.15, 0.2) is 0 Å². The molecule has 25 heavy (non-hydrogen) atoms. The largest absolute Gasteiger partial charge is 0.471 e. The van der Waals surface area contributed by atoms with Crippen LogP contribution in [0.4, 0.5) is 17.6 Å². The van der Waals surface area contributed by atoms with Gasteiger partial charge < -0.3 is 14.7 Å². The monoisotopic (exact) mass is 360 g/mol. The van der Waals surface area contributed by atoms with Crippen LogP contribution in [0.3, 0.4) is 0 Å². The number of carbonyl (C=O) groups is 1. The van der Waals surface area contributed by atoms with E-state index in [2.05, 4.69) is 30.0 Å². The fraction of sp³-hybridized carbons (Fsp3) is 0.286. The predicted octanol–water partition coefficient (Wildman–Crippen LogP) is 2.65. The molecule has 1 aromatic heterocycles. The molecule has 11 heteroatoms. The van der Waals surface area contributed by atoms with Crippen molar-refractivity contribution in [3.8, 4) is 11.4 Å². The highest BCUT2D eigenvalue weighted by Crippen LogP contribution is 2.29. The van der Waals surface area contributed by atoms with Crippen LogP contribution in [-0.2, 0) is 11.0 Å². The van der Waals surface area contributed by atoms with E-state index < -0.39 is 35.7 Å². The molecule has 7 nitrogen and oxygen atoms in total. The van der Waals surface area contributed by atoms with E-state index in [-0.39, 0.29) is 11.1 Å². The normalized spacial score (nSPS) is 13.0. The van der Waals surface area contributed by atoms with Crippen molar-refractivity contribution in [1.82, 2.24) is 15.5 Å². The number of halogens is 4. The molecule has 0 aliphatic carbocycles. The number of amides is 1. The molecule has 0 aliphatic rings. The second kappa shape index (κ2) is 7.28. The van der Waals surface area contributed by atoms with Crippen molar-refractivity contribution in [2.75, 3.05) is 7.11 Å². The Hall–Kier alpha value is -2.98. The van der Waals surface area contributed by atoms with E-state index >= 15 is 0 Å². The molecule has 0 aliphatic heterocycles. The van der Waals surface area contributed by atoms with Crippen LogP contribution < -0.4 is 5.32 Å². The van der Waals surface area contributed by atoms with Crippen LogP contribution in [0.1, 0.15) is 23.2 Å². The molecule has 2 aromatic rings. The average Bonchev–Trinajstić information content (AvgIpc) is 3.02. The first-order chi connectivity index (χ1) is 11.7. The lowest BCUT2D eigenvalue weighted by Crippen LogP contribution is -2.34. The van der Waals surface area contributed by atoms with E-state index in [4.69, 9.17) is 0 Å². The van der Waals surface area contributed by atoms with E-state index in [1.165, 1.54) is 19.4 Å². The molecule has 1 N–H and O–H groups in total. The minimum atomic E-state index is -4.80. The molecule has 0 bridgehead atoms. The van der Waals surface area contributed by atoms with Gasteiger partial charge in [-0.2, -0.15) is 18.2 Å². The Balaban J connectivity index is 2.19. The summed E-state index contributed by atoms with van der Waals surface area (Å²) in [7, 11) is 1.32. The van der Waals surface area contributed by atoms with Gasteiger partial charge in [0.1, 0.15) is 12.9 Å². The number of aromatic nitrogens is 2. The number of hydrogen-bond acceptors (Lipinski definition) is 6. The van der Waals surface area contributed by atoms with Crippen LogP contribution >= 0.6 is 0 Å². The number of benzene rings is 1. The first-order valence-electron chi connectivity index (χ1n) is 6.80. The molecule has 1 aromatic carbocycles. The van der Waals surface area contributed by atoms with Gasteiger partial charge in [0.2, 0.25) is 5.82 Å². The fourth-order valence-electron chi connectivity index (χ4n) is 1.77. The van der Waals surface area contributed by atoms with Crippen molar-refractivity contribution in [1.29, 1.82) is 0 Å². The van der Waals surface area contributed by atoms with Crippen molar-refractivity contribution in [3.05, 3.63) is 35.5 Å². The molecule has 1 amide bonds. The van der Waals surface area contributed by atoms with Gasteiger partial charge in [0.05, 0.1) is 17.8 Å². The van der Waals surface area contributed by atoms with Crippen LogP contribution in [0.15, 0.2) is 27.9 Å².